The molecule has 2 rings (SSSR count). The van der Waals surface area contributed by atoms with Crippen molar-refractivity contribution in [2.75, 3.05) is 0 Å². The molecule has 5 nitrogen and oxygen atoms in total. The van der Waals surface area contributed by atoms with E-state index in [1.54, 1.807) is 12.3 Å². The summed E-state index contributed by atoms with van der Waals surface area (Å²) in [5.74, 6) is 1.89. The Morgan fingerprint density at radius 3 is 2.56 bits per heavy atom. The number of hydrogen-bond acceptors (Lipinski definition) is 4. The number of pyridine rings is 1. The number of nitrogens with zero attached hydrogens (tertiary/aromatic N) is 1. The van der Waals surface area contributed by atoms with Gasteiger partial charge in [-0.15, -0.1) is 0 Å². The number of hydrogen-bond donors (Lipinski definition) is 1. The van der Waals surface area contributed by atoms with Crippen molar-refractivity contribution in [1.82, 2.24) is 10.3 Å². The molecule has 0 bridgehead atoms. The van der Waals surface area contributed by atoms with Crippen LogP contribution in [0.25, 0.3) is 6.08 Å². The molecule has 0 fully saturated rings. The Bertz CT molecular complexity index is 724. The lowest BCUT2D eigenvalue weighted by Gasteiger charge is -2.11. The predicted molar refractivity (Wildman–Crippen MR) is 98.8 cm³/mol. The Morgan fingerprint density at radius 1 is 1.16 bits per heavy atom. The summed E-state index contributed by atoms with van der Waals surface area (Å²) in [5, 5.41) is 2.79. The number of rotatable bonds is 7. The van der Waals surface area contributed by atoms with Crippen LogP contribution in [0.1, 0.15) is 33.3 Å². The molecule has 132 valence electrons. The Balaban J connectivity index is 1.98. The van der Waals surface area contributed by atoms with E-state index in [0.717, 1.165) is 11.3 Å². The maximum atomic E-state index is 11.0. The molecule has 1 amide bonds. The van der Waals surface area contributed by atoms with Gasteiger partial charge in [0.2, 0.25) is 11.8 Å². The standard InChI is InChI=1S/C20H24N2O3/c1-14(2)24-18-6-5-7-19(12-18)25-20-11-10-17(13-21-20)9-8-15(3)22-16(4)23/h5-15H,1-4H3,(H,22,23)/b9-8+/t15-/m0/s1. The van der Waals surface area contributed by atoms with E-state index in [9.17, 15) is 4.79 Å². The average Bonchev–Trinajstić information content (AvgIpc) is 2.53. The van der Waals surface area contributed by atoms with Crippen LogP contribution in [-0.2, 0) is 4.79 Å². The third-order valence-corrected chi connectivity index (χ3v) is 3.17. The molecule has 5 heteroatoms. The van der Waals surface area contributed by atoms with Crippen molar-refractivity contribution < 1.29 is 14.3 Å². The van der Waals surface area contributed by atoms with Crippen LogP contribution >= 0.6 is 0 Å². The summed E-state index contributed by atoms with van der Waals surface area (Å²) in [6.07, 6.45) is 5.65. The third kappa shape index (κ3) is 6.67. The first-order valence-corrected chi connectivity index (χ1v) is 8.28. The van der Waals surface area contributed by atoms with Gasteiger partial charge >= 0.3 is 0 Å². The second-order valence-corrected chi connectivity index (χ2v) is 6.02. The Kier molecular flexibility index (Phi) is 6.57. The summed E-state index contributed by atoms with van der Waals surface area (Å²) in [5.41, 5.74) is 0.932. The molecule has 1 aromatic carbocycles. The minimum Gasteiger partial charge on any atom is -0.491 e. The molecule has 1 N–H and O–H groups in total. The Morgan fingerprint density at radius 2 is 1.92 bits per heavy atom. The van der Waals surface area contributed by atoms with Gasteiger partial charge in [-0.1, -0.05) is 18.2 Å². The lowest BCUT2D eigenvalue weighted by molar-refractivity contribution is -0.119. The van der Waals surface area contributed by atoms with Crippen molar-refractivity contribution in [2.24, 2.45) is 0 Å². The molecule has 1 heterocycles. The fraction of sp³-hybridized carbons (Fsp3) is 0.300. The van der Waals surface area contributed by atoms with E-state index in [1.807, 2.05) is 63.3 Å². The summed E-state index contributed by atoms with van der Waals surface area (Å²) < 4.78 is 11.4. The van der Waals surface area contributed by atoms with Crippen molar-refractivity contribution in [3.05, 3.63) is 54.2 Å². The van der Waals surface area contributed by atoms with Crippen molar-refractivity contribution in [2.45, 2.75) is 39.8 Å². The summed E-state index contributed by atoms with van der Waals surface area (Å²) in [6, 6.07) is 11.2. The highest BCUT2D eigenvalue weighted by Crippen LogP contribution is 2.24. The van der Waals surface area contributed by atoms with Crippen molar-refractivity contribution >= 4 is 12.0 Å². The molecule has 2 aromatic rings. The second kappa shape index (κ2) is 8.87. The third-order valence-electron chi connectivity index (χ3n) is 3.17. The molecule has 0 spiro atoms. The molecule has 0 saturated heterocycles. The van der Waals surface area contributed by atoms with E-state index in [2.05, 4.69) is 10.3 Å². The molecule has 0 saturated carbocycles. The zero-order chi connectivity index (χ0) is 18.2. The minimum absolute atomic E-state index is 0.0304. The molecule has 0 aliphatic heterocycles. The van der Waals surface area contributed by atoms with Gasteiger partial charge < -0.3 is 14.8 Å². The first-order chi connectivity index (χ1) is 11.9. The van der Waals surface area contributed by atoms with Crippen LogP contribution < -0.4 is 14.8 Å². The molecule has 0 radical (unpaired) electrons. The van der Waals surface area contributed by atoms with Gasteiger partial charge in [0, 0.05) is 31.3 Å². The first-order valence-electron chi connectivity index (χ1n) is 8.28. The van der Waals surface area contributed by atoms with Crippen LogP contribution in [0.3, 0.4) is 0 Å². The quantitative estimate of drug-likeness (QED) is 0.820. The van der Waals surface area contributed by atoms with Crippen molar-refractivity contribution in [1.29, 1.82) is 0 Å². The second-order valence-electron chi connectivity index (χ2n) is 6.02. The van der Waals surface area contributed by atoms with E-state index in [4.69, 9.17) is 9.47 Å². The summed E-state index contributed by atoms with van der Waals surface area (Å²) in [4.78, 5) is 15.3. The van der Waals surface area contributed by atoms with Crippen LogP contribution in [0.15, 0.2) is 48.7 Å². The lowest BCUT2D eigenvalue weighted by atomic mass is 10.2. The number of aromatic nitrogens is 1. The van der Waals surface area contributed by atoms with Crippen molar-refractivity contribution in [3.63, 3.8) is 0 Å². The van der Waals surface area contributed by atoms with Gasteiger partial charge in [-0.05, 0) is 44.5 Å². The normalized spacial score (nSPS) is 12.2. The van der Waals surface area contributed by atoms with E-state index in [-0.39, 0.29) is 18.1 Å². The molecular weight excluding hydrogens is 316 g/mol. The highest BCUT2D eigenvalue weighted by atomic mass is 16.5. The van der Waals surface area contributed by atoms with Gasteiger partial charge in [-0.25, -0.2) is 4.98 Å². The topological polar surface area (TPSA) is 60.5 Å². The summed E-state index contributed by atoms with van der Waals surface area (Å²) in [7, 11) is 0. The average molecular weight is 340 g/mol. The summed E-state index contributed by atoms with van der Waals surface area (Å²) in [6.45, 7) is 7.37. The van der Waals surface area contributed by atoms with E-state index >= 15 is 0 Å². The molecule has 1 aromatic heterocycles. The maximum Gasteiger partial charge on any atom is 0.219 e. The molecule has 25 heavy (non-hydrogen) atoms. The zero-order valence-electron chi connectivity index (χ0n) is 15.0. The number of amides is 1. The molecular formula is C20H24N2O3. The SMILES string of the molecule is CC(=O)N[C@@H](C)/C=C/c1ccc(Oc2cccc(OC(C)C)c2)nc1. The molecule has 0 unspecified atom stereocenters. The number of ether oxygens (including phenoxy) is 2. The minimum atomic E-state index is -0.0531. The molecule has 1 atom stereocenters. The lowest BCUT2D eigenvalue weighted by Crippen LogP contribution is -2.28. The monoisotopic (exact) mass is 340 g/mol. The van der Waals surface area contributed by atoms with Gasteiger partial charge in [0.05, 0.1) is 6.10 Å². The smallest absolute Gasteiger partial charge is 0.219 e. The Labute approximate surface area is 148 Å². The van der Waals surface area contributed by atoms with Gasteiger partial charge in [0.1, 0.15) is 11.5 Å². The van der Waals surface area contributed by atoms with E-state index in [1.165, 1.54) is 6.92 Å². The van der Waals surface area contributed by atoms with Crippen LogP contribution in [0, 0.1) is 0 Å². The predicted octanol–water partition coefficient (Wildman–Crippen LogP) is 4.20. The number of carbonyl (C=O) groups is 1. The fourth-order valence-electron chi connectivity index (χ4n) is 2.18. The van der Waals surface area contributed by atoms with Crippen LogP contribution in [-0.4, -0.2) is 23.0 Å². The zero-order valence-corrected chi connectivity index (χ0v) is 15.0. The van der Waals surface area contributed by atoms with Crippen LogP contribution in [0.4, 0.5) is 0 Å². The van der Waals surface area contributed by atoms with Gasteiger partial charge in [0.15, 0.2) is 0 Å². The maximum absolute atomic E-state index is 11.0. The van der Waals surface area contributed by atoms with Crippen LogP contribution in [0.5, 0.6) is 17.4 Å². The summed E-state index contributed by atoms with van der Waals surface area (Å²) >= 11 is 0. The highest BCUT2D eigenvalue weighted by Gasteiger charge is 2.03. The Hall–Kier alpha value is -2.82. The largest absolute Gasteiger partial charge is 0.491 e. The van der Waals surface area contributed by atoms with Gasteiger partial charge in [0.25, 0.3) is 0 Å². The van der Waals surface area contributed by atoms with E-state index in [0.29, 0.717) is 11.6 Å². The number of benzene rings is 1. The van der Waals surface area contributed by atoms with Gasteiger partial charge in [-0.2, -0.15) is 0 Å². The number of carbonyl (C=O) groups excluding carboxylic acids is 1. The number of nitrogens with one attached hydrogen (secondary N) is 1. The fourth-order valence-corrected chi connectivity index (χ4v) is 2.18. The first kappa shape index (κ1) is 18.5. The van der Waals surface area contributed by atoms with Gasteiger partial charge in [-0.3, -0.25) is 4.79 Å². The van der Waals surface area contributed by atoms with E-state index < -0.39 is 0 Å². The molecule has 0 aliphatic rings. The highest BCUT2D eigenvalue weighted by molar-refractivity contribution is 5.73. The molecule has 0 aliphatic carbocycles. The van der Waals surface area contributed by atoms with Crippen LogP contribution in [0.2, 0.25) is 0 Å². The van der Waals surface area contributed by atoms with Crippen molar-refractivity contribution in [3.8, 4) is 17.4 Å².